The summed E-state index contributed by atoms with van der Waals surface area (Å²) in [6.45, 7) is 1.67. The van der Waals surface area contributed by atoms with Crippen LogP contribution in [0.1, 0.15) is 21.9 Å². The molecule has 0 unspecified atom stereocenters. The number of imide groups is 1. The van der Waals surface area contributed by atoms with Crippen LogP contribution in [-0.2, 0) is 20.9 Å². The zero-order valence-electron chi connectivity index (χ0n) is 23.1. The zero-order valence-corrected chi connectivity index (χ0v) is 26.3. The van der Waals surface area contributed by atoms with Gasteiger partial charge >= 0.3 is 4.87 Å². The van der Waals surface area contributed by atoms with Gasteiger partial charge < -0.3 is 5.32 Å². The number of hydrogen-bond acceptors (Lipinski definition) is 6. The Labute approximate surface area is 270 Å². The Bertz CT molecular complexity index is 2060. The molecule has 2 aliphatic heterocycles. The second-order valence-corrected chi connectivity index (χ2v) is 13.7. The molecule has 11 heteroatoms. The number of rotatable bonds is 5. The summed E-state index contributed by atoms with van der Waals surface area (Å²) in [4.78, 5) is 56.1. The van der Waals surface area contributed by atoms with E-state index in [1.165, 1.54) is 9.47 Å². The van der Waals surface area contributed by atoms with Crippen molar-refractivity contribution in [3.05, 3.63) is 121 Å². The van der Waals surface area contributed by atoms with Gasteiger partial charge in [-0.05, 0) is 53.6 Å². The van der Waals surface area contributed by atoms with Crippen LogP contribution in [0.4, 0.5) is 11.4 Å². The maximum atomic E-state index is 14.1. The molecule has 7 nitrogen and oxygen atoms in total. The highest BCUT2D eigenvalue weighted by atomic mass is 35.5. The van der Waals surface area contributed by atoms with E-state index in [2.05, 4.69) is 5.32 Å². The second kappa shape index (κ2) is 11.2. The molecule has 4 aromatic carbocycles. The van der Waals surface area contributed by atoms with Crippen LogP contribution < -0.4 is 15.1 Å². The third-order valence-electron chi connectivity index (χ3n) is 7.99. The summed E-state index contributed by atoms with van der Waals surface area (Å²) in [5, 5.41) is 5.10. The van der Waals surface area contributed by atoms with Crippen molar-refractivity contribution < 1.29 is 14.4 Å². The molecule has 3 amide bonds. The van der Waals surface area contributed by atoms with Gasteiger partial charge in [0.15, 0.2) is 0 Å². The second-order valence-electron chi connectivity index (χ2n) is 10.8. The SMILES string of the molecule is Cc1ccc(N2C(=O)[C@H]3[C@H](c4cccc(Cl)c4Cl)c4sc(=O)n(CC(=O)Nc5ccc6ccccc6c5)c4S[C@H]3C2=O)cc1. The summed E-state index contributed by atoms with van der Waals surface area (Å²) >= 11 is 15.2. The number of amides is 3. The number of aryl methyl sites for hydroxylation is 1. The molecular formula is C33H23Cl2N3O4S2. The van der Waals surface area contributed by atoms with Gasteiger partial charge in [0, 0.05) is 16.5 Å². The van der Waals surface area contributed by atoms with Crippen molar-refractivity contribution >= 4 is 86.2 Å². The van der Waals surface area contributed by atoms with Crippen molar-refractivity contribution in [1.29, 1.82) is 0 Å². The molecule has 5 aromatic rings. The third-order valence-corrected chi connectivity index (χ3v) is 11.4. The van der Waals surface area contributed by atoms with Crippen LogP contribution in [0.2, 0.25) is 10.0 Å². The van der Waals surface area contributed by atoms with E-state index < -0.39 is 23.0 Å². The normalized spacial score (nSPS) is 19.2. The fraction of sp³-hybridized carbons (Fsp3) is 0.152. The molecule has 0 saturated carbocycles. The Kier molecular flexibility index (Phi) is 7.37. The first kappa shape index (κ1) is 28.9. The smallest absolute Gasteiger partial charge is 0.308 e. The lowest BCUT2D eigenvalue weighted by molar-refractivity contribution is -0.122. The highest BCUT2D eigenvalue weighted by Crippen LogP contribution is 2.55. The van der Waals surface area contributed by atoms with E-state index in [0.29, 0.717) is 31.9 Å². The molecule has 0 spiro atoms. The molecule has 1 fully saturated rings. The average molecular weight is 661 g/mol. The molecular weight excluding hydrogens is 637 g/mol. The molecule has 0 aliphatic carbocycles. The van der Waals surface area contributed by atoms with Crippen molar-refractivity contribution in [2.75, 3.05) is 10.2 Å². The summed E-state index contributed by atoms with van der Waals surface area (Å²) < 4.78 is 1.38. The number of carbonyl (C=O) groups excluding carboxylic acids is 3. The van der Waals surface area contributed by atoms with Crippen molar-refractivity contribution in [3.8, 4) is 0 Å². The van der Waals surface area contributed by atoms with Gasteiger partial charge in [0.2, 0.25) is 17.7 Å². The summed E-state index contributed by atoms with van der Waals surface area (Å²) in [5.41, 5.74) is 2.63. The summed E-state index contributed by atoms with van der Waals surface area (Å²) in [5.74, 6) is -2.68. The van der Waals surface area contributed by atoms with E-state index in [-0.39, 0.29) is 28.3 Å². The first-order valence-electron chi connectivity index (χ1n) is 13.8. The molecule has 1 aromatic heterocycles. The zero-order chi connectivity index (χ0) is 30.7. The van der Waals surface area contributed by atoms with E-state index in [0.717, 1.165) is 39.4 Å². The molecule has 3 atom stereocenters. The number of thioether (sulfide) groups is 1. The maximum absolute atomic E-state index is 14.1. The molecule has 7 rings (SSSR count). The number of benzene rings is 4. The molecule has 2 aliphatic rings. The minimum Gasteiger partial charge on any atom is -0.325 e. The quantitative estimate of drug-likeness (QED) is 0.203. The van der Waals surface area contributed by atoms with Gasteiger partial charge in [-0.25, -0.2) is 4.90 Å². The average Bonchev–Trinajstić information content (AvgIpc) is 3.45. The molecule has 1 saturated heterocycles. The lowest BCUT2D eigenvalue weighted by atomic mass is 9.83. The number of hydrogen-bond donors (Lipinski definition) is 1. The van der Waals surface area contributed by atoms with Gasteiger partial charge in [0.1, 0.15) is 11.8 Å². The molecule has 0 radical (unpaired) electrons. The van der Waals surface area contributed by atoms with E-state index in [9.17, 15) is 19.2 Å². The van der Waals surface area contributed by atoms with Gasteiger partial charge in [0.25, 0.3) is 0 Å². The lowest BCUT2D eigenvalue weighted by Gasteiger charge is -2.31. The molecule has 3 heterocycles. The van der Waals surface area contributed by atoms with Crippen LogP contribution in [0.3, 0.4) is 0 Å². The van der Waals surface area contributed by atoms with E-state index in [1.807, 2.05) is 61.5 Å². The fourth-order valence-electron chi connectivity index (χ4n) is 5.91. The highest BCUT2D eigenvalue weighted by molar-refractivity contribution is 8.00. The number of thiazole rings is 1. The molecule has 220 valence electrons. The summed E-state index contributed by atoms with van der Waals surface area (Å²) in [6, 6.07) is 25.7. The lowest BCUT2D eigenvalue weighted by Crippen LogP contribution is -2.33. The first-order chi connectivity index (χ1) is 21.2. The minimum atomic E-state index is -0.833. The van der Waals surface area contributed by atoms with Crippen LogP contribution >= 0.6 is 46.3 Å². The van der Waals surface area contributed by atoms with Crippen LogP contribution in [0.15, 0.2) is 94.7 Å². The van der Waals surface area contributed by atoms with Crippen molar-refractivity contribution in [2.45, 2.75) is 29.7 Å². The summed E-state index contributed by atoms with van der Waals surface area (Å²) in [6.07, 6.45) is 0. The monoisotopic (exact) mass is 659 g/mol. The Morgan fingerprint density at radius 1 is 0.886 bits per heavy atom. The van der Waals surface area contributed by atoms with Gasteiger partial charge in [0.05, 0.1) is 26.7 Å². The summed E-state index contributed by atoms with van der Waals surface area (Å²) in [7, 11) is 0. The van der Waals surface area contributed by atoms with Gasteiger partial charge in [-0.3, -0.25) is 23.7 Å². The van der Waals surface area contributed by atoms with E-state index >= 15 is 0 Å². The predicted molar refractivity (Wildman–Crippen MR) is 176 cm³/mol. The van der Waals surface area contributed by atoms with Gasteiger partial charge in [-0.15, -0.1) is 0 Å². The number of carbonyl (C=O) groups is 3. The Morgan fingerprint density at radius 2 is 1.64 bits per heavy atom. The van der Waals surface area contributed by atoms with Crippen molar-refractivity contribution in [1.82, 2.24) is 4.57 Å². The number of nitrogens with zero attached hydrogens (tertiary/aromatic N) is 2. The van der Waals surface area contributed by atoms with Crippen molar-refractivity contribution in [3.63, 3.8) is 0 Å². The Morgan fingerprint density at radius 3 is 2.41 bits per heavy atom. The standard InChI is InChI=1S/C33H23Cl2N3O4S2/c1-17-9-13-21(14-10-17)38-30(40)26-25(22-7-4-8-23(34)27(22)35)29-32(43-28(26)31(38)41)37(33(42)44-29)16-24(39)36-20-12-11-18-5-2-3-6-19(18)15-20/h2-15,25-26,28H,16H2,1H3,(H,36,39)/t25-,26-,28+/m0/s1. The van der Waals surface area contributed by atoms with Gasteiger partial charge in [-0.2, -0.15) is 0 Å². The van der Waals surface area contributed by atoms with Gasteiger partial charge in [-0.1, -0.05) is 106 Å². The third kappa shape index (κ3) is 4.84. The number of anilines is 2. The molecule has 0 bridgehead atoms. The molecule has 1 N–H and O–H groups in total. The van der Waals surface area contributed by atoms with Crippen LogP contribution in [0.25, 0.3) is 10.8 Å². The number of aromatic nitrogens is 1. The number of halogens is 2. The largest absolute Gasteiger partial charge is 0.325 e. The van der Waals surface area contributed by atoms with Crippen molar-refractivity contribution in [2.24, 2.45) is 5.92 Å². The topological polar surface area (TPSA) is 88.5 Å². The van der Waals surface area contributed by atoms with E-state index in [1.54, 1.807) is 30.3 Å². The van der Waals surface area contributed by atoms with Crippen LogP contribution in [0.5, 0.6) is 0 Å². The molecule has 44 heavy (non-hydrogen) atoms. The number of fused-ring (bicyclic) bond motifs is 3. The van der Waals surface area contributed by atoms with Crippen LogP contribution in [-0.4, -0.2) is 27.5 Å². The predicted octanol–water partition coefficient (Wildman–Crippen LogP) is 7.11. The first-order valence-corrected chi connectivity index (χ1v) is 16.2. The number of nitrogens with one attached hydrogen (secondary N) is 1. The Balaban J connectivity index is 1.28. The minimum absolute atomic E-state index is 0.256. The maximum Gasteiger partial charge on any atom is 0.308 e. The fourth-order valence-corrected chi connectivity index (χ4v) is 9.10. The van der Waals surface area contributed by atoms with Crippen LogP contribution in [0, 0.1) is 12.8 Å². The highest BCUT2D eigenvalue weighted by Gasteiger charge is 2.57. The Hall–Kier alpha value is -3.89. The van der Waals surface area contributed by atoms with E-state index in [4.69, 9.17) is 23.2 Å².